The van der Waals surface area contributed by atoms with Crippen molar-refractivity contribution in [3.63, 3.8) is 0 Å². The molecule has 2 aromatic carbocycles. The number of urea groups is 1. The minimum Gasteiger partial charge on any atom is -0.488 e. The molecule has 0 saturated heterocycles. The molecule has 1 heterocycles. The number of nitrogens with one attached hydrogen (secondary N) is 2. The fourth-order valence-electron chi connectivity index (χ4n) is 5.45. The minimum atomic E-state index is -3.77. The molecule has 224 valence electrons. The average molecular weight is 587 g/mol. The molecule has 1 fully saturated rings. The van der Waals surface area contributed by atoms with Crippen LogP contribution < -0.4 is 15.4 Å². The van der Waals surface area contributed by atoms with E-state index >= 15 is 0 Å². The molecule has 0 aromatic heterocycles. The van der Waals surface area contributed by atoms with Crippen LogP contribution >= 0.6 is 0 Å². The van der Waals surface area contributed by atoms with Crippen LogP contribution in [0.25, 0.3) is 0 Å². The van der Waals surface area contributed by atoms with Gasteiger partial charge in [0.25, 0.3) is 0 Å². The van der Waals surface area contributed by atoms with Crippen LogP contribution in [0.3, 0.4) is 0 Å². The minimum absolute atomic E-state index is 0.0109. The van der Waals surface area contributed by atoms with Gasteiger partial charge in [-0.05, 0) is 50.1 Å². The molecule has 3 amide bonds. The molecular weight excluding hydrogens is 544 g/mol. The predicted molar refractivity (Wildman–Crippen MR) is 157 cm³/mol. The molecule has 2 aromatic rings. The van der Waals surface area contributed by atoms with Crippen molar-refractivity contribution >= 4 is 27.6 Å². The Morgan fingerprint density at radius 2 is 1.85 bits per heavy atom. The Kier molecular flexibility index (Phi) is 10.3. The molecule has 0 radical (unpaired) electrons. The van der Waals surface area contributed by atoms with Gasteiger partial charge in [-0.1, -0.05) is 44.4 Å². The van der Waals surface area contributed by atoms with E-state index in [-0.39, 0.29) is 54.9 Å². The number of hydrogen-bond acceptors (Lipinski definition) is 6. The number of rotatable bonds is 8. The van der Waals surface area contributed by atoms with Crippen molar-refractivity contribution in [2.45, 2.75) is 75.5 Å². The highest BCUT2D eigenvalue weighted by molar-refractivity contribution is 7.89. The van der Waals surface area contributed by atoms with Crippen molar-refractivity contribution in [2.75, 3.05) is 32.1 Å². The smallest absolute Gasteiger partial charge is 0.319 e. The first-order chi connectivity index (χ1) is 19.6. The van der Waals surface area contributed by atoms with Crippen LogP contribution in [0.15, 0.2) is 53.4 Å². The maximum absolute atomic E-state index is 13.5. The second-order valence-electron chi connectivity index (χ2n) is 11.2. The standard InChI is InChI=1S/C30H42N4O6S/c1-21-18-34(22(2)20-35)29(36)17-23-16-25(32-30(37)31-24-10-6-4-7-11-24)14-15-27(23)40-28(21)19-33(3)41(38,39)26-12-8-5-9-13-26/h5,8-9,12-16,21-22,24,28,35H,4,6-7,10-11,17-20H2,1-3H3,(H2,31,32,37)/t21-,22+,28+/m1/s1. The second kappa shape index (κ2) is 13.7. The van der Waals surface area contributed by atoms with Gasteiger partial charge < -0.3 is 25.4 Å². The first kappa shape index (κ1) is 30.8. The van der Waals surface area contributed by atoms with Crippen LogP contribution in [0, 0.1) is 5.92 Å². The summed E-state index contributed by atoms with van der Waals surface area (Å²) < 4.78 is 34.3. The second-order valence-corrected chi connectivity index (χ2v) is 13.3. The Labute approximate surface area is 243 Å². The lowest BCUT2D eigenvalue weighted by Crippen LogP contribution is -2.48. The highest BCUT2D eigenvalue weighted by Gasteiger charge is 2.33. The highest BCUT2D eigenvalue weighted by Crippen LogP contribution is 2.30. The van der Waals surface area contributed by atoms with Crippen molar-refractivity contribution < 1.29 is 27.9 Å². The van der Waals surface area contributed by atoms with Gasteiger partial charge in [0.05, 0.1) is 30.5 Å². The van der Waals surface area contributed by atoms with Gasteiger partial charge in [-0.2, -0.15) is 4.31 Å². The Balaban J connectivity index is 1.59. The third-order valence-electron chi connectivity index (χ3n) is 8.00. The van der Waals surface area contributed by atoms with Crippen molar-refractivity contribution in [2.24, 2.45) is 5.92 Å². The first-order valence-electron chi connectivity index (χ1n) is 14.4. The number of aliphatic hydroxyl groups excluding tert-OH is 1. The van der Waals surface area contributed by atoms with E-state index < -0.39 is 22.2 Å². The molecule has 41 heavy (non-hydrogen) atoms. The van der Waals surface area contributed by atoms with E-state index in [1.807, 2.05) is 6.92 Å². The van der Waals surface area contributed by atoms with Crippen molar-refractivity contribution in [3.05, 3.63) is 54.1 Å². The lowest BCUT2D eigenvalue weighted by atomic mass is 9.96. The number of likely N-dealkylation sites (N-methyl/N-ethyl adjacent to an activating group) is 1. The summed E-state index contributed by atoms with van der Waals surface area (Å²) in [6.07, 6.45) is 4.75. The maximum Gasteiger partial charge on any atom is 0.319 e. The maximum atomic E-state index is 13.5. The summed E-state index contributed by atoms with van der Waals surface area (Å²) in [5.74, 6) is 0.0156. The molecule has 1 aliphatic carbocycles. The Morgan fingerprint density at radius 1 is 1.15 bits per heavy atom. The van der Waals surface area contributed by atoms with Crippen LogP contribution in [-0.4, -0.2) is 79.6 Å². The molecule has 1 saturated carbocycles. The van der Waals surface area contributed by atoms with Crippen LogP contribution in [0.1, 0.15) is 51.5 Å². The molecule has 3 N–H and O–H groups in total. The zero-order valence-corrected chi connectivity index (χ0v) is 24.9. The highest BCUT2D eigenvalue weighted by atomic mass is 32.2. The van der Waals surface area contributed by atoms with E-state index in [1.54, 1.807) is 60.4 Å². The van der Waals surface area contributed by atoms with Gasteiger partial charge in [0.2, 0.25) is 15.9 Å². The summed E-state index contributed by atoms with van der Waals surface area (Å²) in [4.78, 5) is 27.9. The Hall–Kier alpha value is -3.15. The number of sulfonamides is 1. The van der Waals surface area contributed by atoms with Crippen LogP contribution in [-0.2, 0) is 21.2 Å². The number of ether oxygens (including phenoxy) is 1. The lowest BCUT2D eigenvalue weighted by Gasteiger charge is -2.33. The number of amides is 3. The monoisotopic (exact) mass is 586 g/mol. The third kappa shape index (κ3) is 7.78. The predicted octanol–water partition coefficient (Wildman–Crippen LogP) is 3.61. The summed E-state index contributed by atoms with van der Waals surface area (Å²) in [6, 6.07) is 12.8. The molecule has 0 bridgehead atoms. The molecule has 10 nitrogen and oxygen atoms in total. The molecule has 4 rings (SSSR count). The number of anilines is 1. The van der Waals surface area contributed by atoms with Crippen molar-refractivity contribution in [1.82, 2.24) is 14.5 Å². The number of benzene rings is 2. The van der Waals surface area contributed by atoms with Crippen LogP contribution in [0.2, 0.25) is 0 Å². The third-order valence-corrected chi connectivity index (χ3v) is 9.84. The van der Waals surface area contributed by atoms with Crippen molar-refractivity contribution in [1.29, 1.82) is 0 Å². The van der Waals surface area contributed by atoms with Gasteiger partial charge in [0.15, 0.2) is 0 Å². The molecule has 2 aliphatic rings. The van der Waals surface area contributed by atoms with Gasteiger partial charge >= 0.3 is 6.03 Å². The molecule has 11 heteroatoms. The zero-order valence-electron chi connectivity index (χ0n) is 24.1. The summed E-state index contributed by atoms with van der Waals surface area (Å²) in [5, 5.41) is 15.8. The van der Waals surface area contributed by atoms with Crippen LogP contribution in [0.5, 0.6) is 5.75 Å². The molecule has 0 spiro atoms. The van der Waals surface area contributed by atoms with Gasteiger partial charge in [-0.15, -0.1) is 0 Å². The number of nitrogens with zero attached hydrogens (tertiary/aromatic N) is 2. The van der Waals surface area contributed by atoms with E-state index in [9.17, 15) is 23.1 Å². The van der Waals surface area contributed by atoms with Gasteiger partial charge in [-0.25, -0.2) is 13.2 Å². The number of aliphatic hydroxyl groups is 1. The van der Waals surface area contributed by atoms with Crippen LogP contribution in [0.4, 0.5) is 10.5 Å². The van der Waals surface area contributed by atoms with Gasteiger partial charge in [0.1, 0.15) is 11.9 Å². The largest absolute Gasteiger partial charge is 0.488 e. The Morgan fingerprint density at radius 3 is 2.54 bits per heavy atom. The molecule has 1 aliphatic heterocycles. The number of carbonyl (C=O) groups is 2. The fraction of sp³-hybridized carbons (Fsp3) is 0.533. The van der Waals surface area contributed by atoms with E-state index in [0.29, 0.717) is 17.0 Å². The SMILES string of the molecule is C[C@@H]1CN([C@@H](C)CO)C(=O)Cc2cc(NC(=O)NC3CCCCC3)ccc2O[C@H]1CN(C)S(=O)(=O)c1ccccc1. The van der Waals surface area contributed by atoms with E-state index in [4.69, 9.17) is 4.74 Å². The first-order valence-corrected chi connectivity index (χ1v) is 15.8. The average Bonchev–Trinajstić information content (AvgIpc) is 3.01. The number of carbonyl (C=O) groups excluding carboxylic acids is 2. The topological polar surface area (TPSA) is 128 Å². The molecule has 0 unspecified atom stereocenters. The van der Waals surface area contributed by atoms with E-state index in [2.05, 4.69) is 10.6 Å². The Bertz CT molecular complexity index is 1300. The van der Waals surface area contributed by atoms with E-state index in [0.717, 1.165) is 25.7 Å². The van der Waals surface area contributed by atoms with Gasteiger partial charge in [-0.3, -0.25) is 4.79 Å². The van der Waals surface area contributed by atoms with E-state index in [1.165, 1.54) is 17.8 Å². The van der Waals surface area contributed by atoms with Gasteiger partial charge in [0, 0.05) is 36.8 Å². The normalized spacial score (nSPS) is 21.2. The lowest BCUT2D eigenvalue weighted by molar-refractivity contribution is -0.134. The number of fused-ring (bicyclic) bond motifs is 1. The summed E-state index contributed by atoms with van der Waals surface area (Å²) in [7, 11) is -2.25. The fourth-order valence-corrected chi connectivity index (χ4v) is 6.65. The molecule has 3 atom stereocenters. The summed E-state index contributed by atoms with van der Waals surface area (Å²) in [5.41, 5.74) is 1.11. The quantitative estimate of drug-likeness (QED) is 0.434. The zero-order chi connectivity index (χ0) is 29.6. The summed E-state index contributed by atoms with van der Waals surface area (Å²) in [6.45, 7) is 3.82. The summed E-state index contributed by atoms with van der Waals surface area (Å²) >= 11 is 0. The molecular formula is C30H42N4O6S. The number of hydrogen-bond donors (Lipinski definition) is 3. The van der Waals surface area contributed by atoms with Crippen molar-refractivity contribution in [3.8, 4) is 5.75 Å².